The average molecular weight is 380 g/mol. The Kier molecular flexibility index (Phi) is 5.06. The average Bonchev–Trinajstić information content (AvgIpc) is 3.30. The summed E-state index contributed by atoms with van der Waals surface area (Å²) in [4.78, 5) is 26.9. The largest absolute Gasteiger partial charge is 0.463 e. The quantitative estimate of drug-likeness (QED) is 0.713. The summed E-state index contributed by atoms with van der Waals surface area (Å²) in [6, 6.07) is 11.3. The summed E-state index contributed by atoms with van der Waals surface area (Å²) in [5, 5.41) is 5.47. The van der Waals surface area contributed by atoms with Crippen LogP contribution in [-0.2, 0) is 11.8 Å². The fourth-order valence-corrected chi connectivity index (χ4v) is 3.63. The first-order valence-electron chi connectivity index (χ1n) is 9.58. The first kappa shape index (κ1) is 18.2. The van der Waals surface area contributed by atoms with Crippen molar-refractivity contribution in [3.05, 3.63) is 48.4 Å². The van der Waals surface area contributed by atoms with E-state index >= 15 is 0 Å². The van der Waals surface area contributed by atoms with E-state index in [4.69, 9.17) is 4.42 Å². The van der Waals surface area contributed by atoms with Gasteiger partial charge in [0.25, 0.3) is 5.91 Å². The molecule has 7 heteroatoms. The number of fused-ring (bicyclic) bond motifs is 1. The number of aryl methyl sites for hydroxylation is 1. The van der Waals surface area contributed by atoms with Crippen LogP contribution in [0.25, 0.3) is 11.1 Å². The van der Waals surface area contributed by atoms with Crippen molar-refractivity contribution in [2.75, 3.05) is 29.9 Å². The molecule has 0 spiro atoms. The summed E-state index contributed by atoms with van der Waals surface area (Å²) >= 11 is 0. The van der Waals surface area contributed by atoms with Gasteiger partial charge in [-0.3, -0.25) is 9.59 Å². The number of benzene rings is 1. The Morgan fingerprint density at radius 3 is 2.54 bits per heavy atom. The van der Waals surface area contributed by atoms with Crippen LogP contribution in [0.15, 0.2) is 47.1 Å². The molecule has 2 amide bonds. The summed E-state index contributed by atoms with van der Waals surface area (Å²) in [6.07, 6.45) is 5.33. The van der Waals surface area contributed by atoms with Gasteiger partial charge >= 0.3 is 0 Å². The molecule has 3 aromatic rings. The lowest BCUT2D eigenvalue weighted by atomic mass is 10.1. The molecule has 146 valence electrons. The third-order valence-electron chi connectivity index (χ3n) is 5.18. The summed E-state index contributed by atoms with van der Waals surface area (Å²) in [5.74, 6) is -0.582. The number of rotatable bonds is 5. The molecule has 0 aliphatic carbocycles. The molecule has 28 heavy (non-hydrogen) atoms. The van der Waals surface area contributed by atoms with Gasteiger partial charge in [-0.2, -0.15) is 0 Å². The van der Waals surface area contributed by atoms with Gasteiger partial charge < -0.3 is 24.5 Å². The van der Waals surface area contributed by atoms with E-state index in [1.807, 2.05) is 24.3 Å². The van der Waals surface area contributed by atoms with Crippen molar-refractivity contribution in [1.82, 2.24) is 9.88 Å². The van der Waals surface area contributed by atoms with E-state index < -0.39 is 0 Å². The maximum absolute atomic E-state index is 12.4. The number of anilines is 2. The highest BCUT2D eigenvalue weighted by Crippen LogP contribution is 2.22. The molecule has 1 aliphatic rings. The molecule has 7 nitrogen and oxygen atoms in total. The standard InChI is InChI=1S/C21H24N4O3/c1-24-17-9-12-28-19(17)13-18(24)21(27)22-14-20(26)23-15-5-7-16(8-6-15)25-10-3-2-4-11-25/h5-9,12-13H,2-4,10-11,14H2,1H3,(H,22,27)(H,23,26). The highest BCUT2D eigenvalue weighted by molar-refractivity contribution is 6.01. The van der Waals surface area contributed by atoms with Crippen LogP contribution >= 0.6 is 0 Å². The lowest BCUT2D eigenvalue weighted by Crippen LogP contribution is -2.33. The van der Waals surface area contributed by atoms with Crippen LogP contribution in [0.4, 0.5) is 11.4 Å². The Morgan fingerprint density at radius 2 is 1.82 bits per heavy atom. The summed E-state index contributed by atoms with van der Waals surface area (Å²) in [5.41, 5.74) is 3.83. The molecule has 1 aromatic carbocycles. The Morgan fingerprint density at radius 1 is 1.07 bits per heavy atom. The zero-order valence-corrected chi connectivity index (χ0v) is 15.9. The van der Waals surface area contributed by atoms with Crippen molar-refractivity contribution in [2.24, 2.45) is 7.05 Å². The molecule has 1 fully saturated rings. The van der Waals surface area contributed by atoms with Gasteiger partial charge in [0.1, 0.15) is 5.69 Å². The van der Waals surface area contributed by atoms with Crippen molar-refractivity contribution in [2.45, 2.75) is 19.3 Å². The predicted molar refractivity (Wildman–Crippen MR) is 109 cm³/mol. The molecule has 1 aliphatic heterocycles. The molecule has 0 saturated carbocycles. The number of carbonyl (C=O) groups excluding carboxylic acids is 2. The normalized spacial score (nSPS) is 14.2. The van der Waals surface area contributed by atoms with E-state index in [-0.39, 0.29) is 18.4 Å². The number of piperidine rings is 1. The third kappa shape index (κ3) is 3.74. The van der Waals surface area contributed by atoms with Gasteiger partial charge in [0.05, 0.1) is 18.3 Å². The second-order valence-electron chi connectivity index (χ2n) is 7.08. The van der Waals surface area contributed by atoms with Crippen molar-refractivity contribution >= 4 is 34.3 Å². The van der Waals surface area contributed by atoms with Crippen molar-refractivity contribution in [3.8, 4) is 0 Å². The summed E-state index contributed by atoms with van der Waals surface area (Å²) < 4.78 is 7.05. The number of nitrogens with one attached hydrogen (secondary N) is 2. The smallest absolute Gasteiger partial charge is 0.268 e. The molecular weight excluding hydrogens is 356 g/mol. The van der Waals surface area contributed by atoms with Gasteiger partial charge in [-0.1, -0.05) is 0 Å². The minimum absolute atomic E-state index is 0.0980. The van der Waals surface area contributed by atoms with Gasteiger partial charge in [-0.15, -0.1) is 0 Å². The SMILES string of the molecule is Cn1c(C(=O)NCC(=O)Nc2ccc(N3CCCCC3)cc2)cc2occc21. The van der Waals surface area contributed by atoms with Crippen LogP contribution in [0, 0.1) is 0 Å². The Labute approximate surface area is 163 Å². The second-order valence-corrected chi connectivity index (χ2v) is 7.08. The third-order valence-corrected chi connectivity index (χ3v) is 5.18. The molecule has 0 atom stereocenters. The predicted octanol–water partition coefficient (Wildman–Crippen LogP) is 3.13. The number of furan rings is 1. The number of aromatic nitrogens is 1. The molecule has 0 bridgehead atoms. The molecule has 3 heterocycles. The number of carbonyl (C=O) groups is 2. The number of hydrogen-bond donors (Lipinski definition) is 2. The van der Waals surface area contributed by atoms with E-state index in [1.54, 1.807) is 30.0 Å². The fraction of sp³-hybridized carbons (Fsp3) is 0.333. The van der Waals surface area contributed by atoms with Crippen LogP contribution in [0.3, 0.4) is 0 Å². The van der Waals surface area contributed by atoms with E-state index in [0.29, 0.717) is 11.3 Å². The highest BCUT2D eigenvalue weighted by Gasteiger charge is 2.16. The minimum Gasteiger partial charge on any atom is -0.463 e. The van der Waals surface area contributed by atoms with Crippen LogP contribution in [0.1, 0.15) is 29.8 Å². The second kappa shape index (κ2) is 7.80. The van der Waals surface area contributed by atoms with Crippen molar-refractivity contribution in [1.29, 1.82) is 0 Å². The van der Waals surface area contributed by atoms with E-state index in [2.05, 4.69) is 15.5 Å². The summed E-state index contributed by atoms with van der Waals surface area (Å²) in [6.45, 7) is 2.07. The van der Waals surface area contributed by atoms with E-state index in [9.17, 15) is 9.59 Å². The fourth-order valence-electron chi connectivity index (χ4n) is 3.63. The topological polar surface area (TPSA) is 79.5 Å². The maximum atomic E-state index is 12.4. The zero-order valence-electron chi connectivity index (χ0n) is 15.9. The van der Waals surface area contributed by atoms with Gasteiger partial charge in [-0.25, -0.2) is 0 Å². The Balaban J connectivity index is 1.31. The molecule has 2 aromatic heterocycles. The minimum atomic E-state index is -0.315. The number of hydrogen-bond acceptors (Lipinski definition) is 4. The Bertz CT molecular complexity index is 981. The van der Waals surface area contributed by atoms with E-state index in [1.165, 1.54) is 24.9 Å². The number of amides is 2. The number of nitrogens with zero attached hydrogens (tertiary/aromatic N) is 2. The monoisotopic (exact) mass is 380 g/mol. The Hall–Kier alpha value is -3.22. The van der Waals surface area contributed by atoms with Gasteiger partial charge in [0.2, 0.25) is 5.91 Å². The van der Waals surface area contributed by atoms with Crippen LogP contribution in [0.5, 0.6) is 0 Å². The molecule has 2 N–H and O–H groups in total. The summed E-state index contributed by atoms with van der Waals surface area (Å²) in [7, 11) is 1.79. The van der Waals surface area contributed by atoms with E-state index in [0.717, 1.165) is 24.3 Å². The van der Waals surface area contributed by atoms with Gasteiger partial charge in [0, 0.05) is 43.6 Å². The lowest BCUT2D eigenvalue weighted by Gasteiger charge is -2.28. The first-order valence-corrected chi connectivity index (χ1v) is 9.58. The lowest BCUT2D eigenvalue weighted by molar-refractivity contribution is -0.115. The molecule has 0 unspecified atom stereocenters. The molecular formula is C21H24N4O3. The first-order chi connectivity index (χ1) is 13.6. The van der Waals surface area contributed by atoms with Crippen molar-refractivity contribution < 1.29 is 14.0 Å². The molecule has 0 radical (unpaired) electrons. The zero-order chi connectivity index (χ0) is 19.5. The molecule has 4 rings (SSSR count). The van der Waals surface area contributed by atoms with Crippen molar-refractivity contribution in [3.63, 3.8) is 0 Å². The maximum Gasteiger partial charge on any atom is 0.268 e. The highest BCUT2D eigenvalue weighted by atomic mass is 16.3. The molecule has 1 saturated heterocycles. The van der Waals surface area contributed by atoms with Crippen LogP contribution in [-0.4, -0.2) is 36.0 Å². The van der Waals surface area contributed by atoms with Crippen LogP contribution < -0.4 is 15.5 Å². The van der Waals surface area contributed by atoms with Gasteiger partial charge in [-0.05, 0) is 43.5 Å². The van der Waals surface area contributed by atoms with Crippen LogP contribution in [0.2, 0.25) is 0 Å². The van der Waals surface area contributed by atoms with Gasteiger partial charge in [0.15, 0.2) is 5.58 Å².